The summed E-state index contributed by atoms with van der Waals surface area (Å²) in [5.74, 6) is 0. The van der Waals surface area contributed by atoms with Crippen LogP contribution in [0.1, 0.15) is 45.2 Å². The SMILES string of the molecule is C=C/C=C\c1ccccc1C.CC.CCC.c1ccc2ccccc2c1. The van der Waals surface area contributed by atoms with Crippen LogP contribution < -0.4 is 0 Å². The third-order valence-corrected chi connectivity index (χ3v) is 3.26. The third-order valence-electron chi connectivity index (χ3n) is 3.26. The lowest BCUT2D eigenvalue weighted by Crippen LogP contribution is -1.76. The Bertz CT molecular complexity index is 685. The summed E-state index contributed by atoms with van der Waals surface area (Å²) in [6.07, 6.45) is 7.04. The number of aryl methyl sites for hydroxylation is 1. The smallest absolute Gasteiger partial charge is 0.0184 e. The minimum Gasteiger partial charge on any atom is -0.0991 e. The van der Waals surface area contributed by atoms with E-state index in [0.717, 1.165) is 0 Å². The number of benzene rings is 3. The van der Waals surface area contributed by atoms with Gasteiger partial charge in [0.15, 0.2) is 0 Å². The van der Waals surface area contributed by atoms with E-state index in [9.17, 15) is 0 Å². The molecule has 0 radical (unpaired) electrons. The van der Waals surface area contributed by atoms with Crippen LogP contribution in [0.2, 0.25) is 0 Å². The Hall–Kier alpha value is -2.60. The Morgan fingerprint density at radius 2 is 1.12 bits per heavy atom. The van der Waals surface area contributed by atoms with Gasteiger partial charge in [-0.15, -0.1) is 0 Å². The molecular formula is C26H34. The topological polar surface area (TPSA) is 0 Å². The van der Waals surface area contributed by atoms with Crippen LogP contribution in [0, 0.1) is 6.92 Å². The lowest BCUT2D eigenvalue weighted by Gasteiger charge is -1.96. The van der Waals surface area contributed by atoms with Crippen LogP contribution >= 0.6 is 0 Å². The van der Waals surface area contributed by atoms with Gasteiger partial charge in [0.2, 0.25) is 0 Å². The van der Waals surface area contributed by atoms with Gasteiger partial charge >= 0.3 is 0 Å². The van der Waals surface area contributed by atoms with E-state index in [4.69, 9.17) is 0 Å². The molecule has 0 saturated heterocycles. The van der Waals surface area contributed by atoms with Crippen LogP contribution in [0.15, 0.2) is 91.5 Å². The maximum atomic E-state index is 3.62. The van der Waals surface area contributed by atoms with Crippen molar-refractivity contribution in [3.8, 4) is 0 Å². The zero-order valence-corrected chi connectivity index (χ0v) is 17.1. The molecular weight excluding hydrogens is 312 g/mol. The molecule has 0 spiro atoms. The van der Waals surface area contributed by atoms with Gasteiger partial charge in [-0.05, 0) is 28.8 Å². The van der Waals surface area contributed by atoms with Crippen molar-refractivity contribution in [2.45, 2.75) is 41.0 Å². The molecule has 0 nitrogen and oxygen atoms in total. The normalized spacial score (nSPS) is 9.12. The van der Waals surface area contributed by atoms with E-state index in [1.165, 1.54) is 28.3 Å². The second-order valence-electron chi connectivity index (χ2n) is 5.51. The lowest BCUT2D eigenvalue weighted by atomic mass is 10.1. The largest absolute Gasteiger partial charge is 0.0991 e. The summed E-state index contributed by atoms with van der Waals surface area (Å²) in [4.78, 5) is 0. The minimum absolute atomic E-state index is 1.25. The number of rotatable bonds is 2. The van der Waals surface area contributed by atoms with Gasteiger partial charge in [0.1, 0.15) is 0 Å². The Kier molecular flexibility index (Phi) is 14.3. The van der Waals surface area contributed by atoms with Crippen molar-refractivity contribution in [1.82, 2.24) is 0 Å². The molecule has 3 aromatic carbocycles. The van der Waals surface area contributed by atoms with E-state index < -0.39 is 0 Å². The first-order chi connectivity index (χ1) is 12.7. The maximum absolute atomic E-state index is 3.62. The number of allylic oxidation sites excluding steroid dienone is 2. The molecule has 0 atom stereocenters. The van der Waals surface area contributed by atoms with E-state index in [-0.39, 0.29) is 0 Å². The fraction of sp³-hybridized carbons (Fsp3) is 0.231. The molecule has 3 rings (SSSR count). The molecule has 0 saturated carbocycles. The molecule has 0 aromatic heterocycles. The van der Waals surface area contributed by atoms with Gasteiger partial charge < -0.3 is 0 Å². The second-order valence-corrected chi connectivity index (χ2v) is 5.51. The highest BCUT2D eigenvalue weighted by atomic mass is 13.9. The first kappa shape index (κ1) is 23.4. The van der Waals surface area contributed by atoms with Gasteiger partial charge in [0.25, 0.3) is 0 Å². The molecule has 0 N–H and O–H groups in total. The average molecular weight is 347 g/mol. The van der Waals surface area contributed by atoms with Crippen LogP contribution in [-0.4, -0.2) is 0 Å². The summed E-state index contributed by atoms with van der Waals surface area (Å²) >= 11 is 0. The van der Waals surface area contributed by atoms with Crippen molar-refractivity contribution >= 4 is 16.8 Å². The van der Waals surface area contributed by atoms with Gasteiger partial charge in [-0.3, -0.25) is 0 Å². The lowest BCUT2D eigenvalue weighted by molar-refractivity contribution is 1.09. The quantitative estimate of drug-likeness (QED) is 0.408. The Morgan fingerprint density at radius 1 is 0.731 bits per heavy atom. The molecule has 0 fully saturated rings. The van der Waals surface area contributed by atoms with E-state index in [0.29, 0.717) is 0 Å². The van der Waals surface area contributed by atoms with Crippen LogP contribution in [0.4, 0.5) is 0 Å². The summed E-state index contributed by atoms with van der Waals surface area (Å²) in [6, 6.07) is 25.0. The minimum atomic E-state index is 1.25. The van der Waals surface area contributed by atoms with E-state index >= 15 is 0 Å². The first-order valence-electron chi connectivity index (χ1n) is 9.51. The highest BCUT2D eigenvalue weighted by molar-refractivity contribution is 5.82. The summed E-state index contributed by atoms with van der Waals surface area (Å²) in [7, 11) is 0. The fourth-order valence-electron chi connectivity index (χ4n) is 2.08. The number of hydrogen-bond acceptors (Lipinski definition) is 0. The summed E-state index contributed by atoms with van der Waals surface area (Å²) in [5, 5.41) is 2.62. The molecule has 26 heavy (non-hydrogen) atoms. The van der Waals surface area contributed by atoms with E-state index in [2.05, 4.69) is 94.1 Å². The van der Waals surface area contributed by atoms with Gasteiger partial charge in [0.05, 0.1) is 0 Å². The van der Waals surface area contributed by atoms with Crippen LogP contribution in [0.3, 0.4) is 0 Å². The molecule has 3 aromatic rings. The Morgan fingerprint density at radius 3 is 1.50 bits per heavy atom. The zero-order valence-electron chi connectivity index (χ0n) is 17.1. The van der Waals surface area contributed by atoms with Crippen molar-refractivity contribution in [2.24, 2.45) is 0 Å². The van der Waals surface area contributed by atoms with E-state index in [1.54, 1.807) is 6.08 Å². The highest BCUT2D eigenvalue weighted by Crippen LogP contribution is 2.11. The van der Waals surface area contributed by atoms with E-state index in [1.807, 2.05) is 32.1 Å². The third kappa shape index (κ3) is 9.64. The van der Waals surface area contributed by atoms with Crippen molar-refractivity contribution in [2.75, 3.05) is 0 Å². The molecule has 138 valence electrons. The van der Waals surface area contributed by atoms with Gasteiger partial charge in [-0.1, -0.05) is 132 Å². The first-order valence-corrected chi connectivity index (χ1v) is 9.51. The highest BCUT2D eigenvalue weighted by Gasteiger charge is 1.88. The zero-order chi connectivity index (χ0) is 19.6. The predicted molar refractivity (Wildman–Crippen MR) is 122 cm³/mol. The molecule has 0 heterocycles. The average Bonchev–Trinajstić information content (AvgIpc) is 2.70. The standard InChI is InChI=1S/C11H12.C10H8.C3H8.C2H6/c1-3-4-8-11-9-6-5-7-10(11)2;1-2-6-10-8-4-3-7-9(10)5-1;1-3-2;1-2/h3-9H,1H2,2H3;1-8H;3H2,1-2H3;1-2H3/b8-4-;;;. The molecule has 0 aliphatic carbocycles. The molecule has 0 aliphatic heterocycles. The Balaban J connectivity index is 0.000000387. The number of fused-ring (bicyclic) bond motifs is 1. The van der Waals surface area contributed by atoms with Crippen molar-refractivity contribution < 1.29 is 0 Å². The predicted octanol–water partition coefficient (Wildman–Crippen LogP) is 8.48. The van der Waals surface area contributed by atoms with Crippen LogP contribution in [0.25, 0.3) is 16.8 Å². The number of hydrogen-bond donors (Lipinski definition) is 0. The van der Waals surface area contributed by atoms with Crippen LogP contribution in [-0.2, 0) is 0 Å². The monoisotopic (exact) mass is 346 g/mol. The second kappa shape index (κ2) is 15.9. The molecule has 0 amide bonds. The molecule has 0 heteroatoms. The van der Waals surface area contributed by atoms with Crippen molar-refractivity contribution in [3.05, 3.63) is 103 Å². The van der Waals surface area contributed by atoms with Crippen LogP contribution in [0.5, 0.6) is 0 Å². The molecule has 0 unspecified atom stereocenters. The summed E-state index contributed by atoms with van der Waals surface area (Å²) in [5.41, 5.74) is 2.55. The molecule has 0 bridgehead atoms. The van der Waals surface area contributed by atoms with Gasteiger partial charge in [0, 0.05) is 0 Å². The Labute approximate surface area is 160 Å². The summed E-state index contributed by atoms with van der Waals surface area (Å²) in [6.45, 7) is 14.0. The summed E-state index contributed by atoms with van der Waals surface area (Å²) < 4.78 is 0. The van der Waals surface area contributed by atoms with Crippen molar-refractivity contribution in [1.29, 1.82) is 0 Å². The van der Waals surface area contributed by atoms with Crippen molar-refractivity contribution in [3.63, 3.8) is 0 Å². The van der Waals surface area contributed by atoms with Gasteiger partial charge in [-0.2, -0.15) is 0 Å². The van der Waals surface area contributed by atoms with Gasteiger partial charge in [-0.25, -0.2) is 0 Å². The molecule has 0 aliphatic rings. The fourth-order valence-corrected chi connectivity index (χ4v) is 2.08. The maximum Gasteiger partial charge on any atom is -0.0184 e.